The first-order valence-electron chi connectivity index (χ1n) is 6.22. The molecule has 1 aromatic carbocycles. The summed E-state index contributed by atoms with van der Waals surface area (Å²) in [6.07, 6.45) is 1.06. The zero-order valence-electron chi connectivity index (χ0n) is 11.6. The largest absolute Gasteiger partial charge is 0.129 e. The maximum atomic E-state index is 3.47. The number of benzene rings is 1. The first-order chi connectivity index (χ1) is 7.94. The van der Waals surface area contributed by atoms with Gasteiger partial charge < -0.3 is 0 Å². The molecule has 0 nitrogen and oxygen atoms in total. The molecule has 17 heavy (non-hydrogen) atoms. The van der Waals surface area contributed by atoms with E-state index in [1.54, 1.807) is 0 Å². The van der Waals surface area contributed by atoms with Crippen LogP contribution in [-0.2, 0) is 0 Å². The minimum Gasteiger partial charge on any atom is -0.127 e. The average molecular weight is 242 g/mol. The Hall–Kier alpha value is -1.26. The van der Waals surface area contributed by atoms with E-state index in [4.69, 9.17) is 0 Å². The molecule has 0 aliphatic rings. The van der Waals surface area contributed by atoms with Crippen molar-refractivity contribution in [2.75, 3.05) is 0 Å². The Morgan fingerprint density at radius 3 is 2.18 bits per heavy atom. The lowest BCUT2D eigenvalue weighted by Gasteiger charge is -2.08. The fraction of sp³-hybridized carbons (Fsp3) is 0.375. The third kappa shape index (κ3) is 4.62. The van der Waals surface area contributed by atoms with Crippen molar-refractivity contribution in [1.82, 2.24) is 0 Å². The van der Waals surface area contributed by atoms with Gasteiger partial charge in [-0.2, -0.15) is 0 Å². The van der Waals surface area contributed by atoms with Crippen LogP contribution >= 0.6 is 0 Å². The van der Waals surface area contributed by atoms with Crippen molar-refractivity contribution in [2.24, 2.45) is 0 Å². The number of hydrogen-bond acceptors (Lipinski definition) is 0. The van der Waals surface area contributed by atoms with E-state index in [1.165, 1.54) is 16.7 Å². The maximum absolute atomic E-state index is 3.47. The maximum Gasteiger partial charge on any atom is 0.129 e. The molecule has 0 aliphatic heterocycles. The topological polar surface area (TPSA) is 0 Å². The van der Waals surface area contributed by atoms with E-state index >= 15 is 0 Å². The second-order valence-electron chi connectivity index (χ2n) is 5.37. The van der Waals surface area contributed by atoms with Crippen LogP contribution in [0.2, 0.25) is 19.6 Å². The molecule has 90 valence electrons. The molecule has 0 spiro atoms. The van der Waals surface area contributed by atoms with Gasteiger partial charge in [-0.1, -0.05) is 68.4 Å². The van der Waals surface area contributed by atoms with Crippen LogP contribution in [0.15, 0.2) is 35.9 Å². The molecular weight excluding hydrogens is 220 g/mol. The molecule has 0 atom stereocenters. The number of rotatable bonds is 2. The summed E-state index contributed by atoms with van der Waals surface area (Å²) < 4.78 is 0. The van der Waals surface area contributed by atoms with Gasteiger partial charge in [0, 0.05) is 5.57 Å². The van der Waals surface area contributed by atoms with Crippen molar-refractivity contribution in [3.8, 4) is 11.5 Å². The van der Waals surface area contributed by atoms with Crippen molar-refractivity contribution in [1.29, 1.82) is 0 Å². The Kier molecular flexibility index (Phi) is 4.78. The predicted octanol–water partition coefficient (Wildman–Crippen LogP) is 4.75. The average Bonchev–Trinajstić information content (AvgIpc) is 2.29. The van der Waals surface area contributed by atoms with Gasteiger partial charge in [-0.3, -0.25) is 0 Å². The van der Waals surface area contributed by atoms with Gasteiger partial charge in [0.2, 0.25) is 0 Å². The van der Waals surface area contributed by atoms with Crippen LogP contribution in [0.4, 0.5) is 0 Å². The number of allylic oxidation sites excluding steroid dienone is 2. The molecule has 0 bridgehead atoms. The quantitative estimate of drug-likeness (QED) is 0.518. The minimum atomic E-state index is -1.31. The lowest BCUT2D eigenvalue weighted by atomic mass is 10.0. The molecule has 0 heterocycles. The highest BCUT2D eigenvalue weighted by Crippen LogP contribution is 2.20. The van der Waals surface area contributed by atoms with Crippen molar-refractivity contribution >= 4 is 13.6 Å². The molecule has 0 saturated heterocycles. The Labute approximate surface area is 107 Å². The van der Waals surface area contributed by atoms with Crippen molar-refractivity contribution < 1.29 is 0 Å². The molecule has 0 fully saturated rings. The van der Waals surface area contributed by atoms with Crippen LogP contribution in [0.5, 0.6) is 0 Å². The first-order valence-corrected chi connectivity index (χ1v) is 9.72. The SMILES string of the molecule is CC/C(C)=C(/C#C[Si](C)(C)C)c1ccccc1. The van der Waals surface area contributed by atoms with Crippen LogP contribution in [-0.4, -0.2) is 8.07 Å². The number of hydrogen-bond donors (Lipinski definition) is 0. The summed E-state index contributed by atoms with van der Waals surface area (Å²) in [5, 5.41) is 0. The molecule has 1 aromatic rings. The van der Waals surface area contributed by atoms with Gasteiger partial charge in [-0.05, 0) is 18.9 Å². The van der Waals surface area contributed by atoms with E-state index in [-0.39, 0.29) is 0 Å². The van der Waals surface area contributed by atoms with Crippen LogP contribution < -0.4 is 0 Å². The van der Waals surface area contributed by atoms with E-state index in [9.17, 15) is 0 Å². The summed E-state index contributed by atoms with van der Waals surface area (Å²) in [6.45, 7) is 11.2. The van der Waals surface area contributed by atoms with Crippen LogP contribution in [0.3, 0.4) is 0 Å². The van der Waals surface area contributed by atoms with E-state index < -0.39 is 8.07 Å². The van der Waals surface area contributed by atoms with Gasteiger partial charge in [-0.25, -0.2) is 0 Å². The zero-order valence-corrected chi connectivity index (χ0v) is 12.6. The van der Waals surface area contributed by atoms with Crippen molar-refractivity contribution in [2.45, 2.75) is 39.9 Å². The van der Waals surface area contributed by atoms with Crippen LogP contribution in [0.1, 0.15) is 25.8 Å². The smallest absolute Gasteiger partial charge is 0.127 e. The summed E-state index contributed by atoms with van der Waals surface area (Å²) in [4.78, 5) is 0. The Balaban J connectivity index is 3.20. The minimum absolute atomic E-state index is 1.06. The monoisotopic (exact) mass is 242 g/mol. The fourth-order valence-electron chi connectivity index (χ4n) is 1.46. The van der Waals surface area contributed by atoms with Gasteiger partial charge in [-0.15, -0.1) is 5.54 Å². The van der Waals surface area contributed by atoms with Gasteiger partial charge in [0.15, 0.2) is 0 Å². The fourth-order valence-corrected chi connectivity index (χ4v) is 1.96. The molecule has 0 amide bonds. The Morgan fingerprint density at radius 2 is 1.71 bits per heavy atom. The summed E-state index contributed by atoms with van der Waals surface area (Å²) >= 11 is 0. The highest BCUT2D eigenvalue weighted by molar-refractivity contribution is 6.84. The zero-order chi connectivity index (χ0) is 12.9. The second kappa shape index (κ2) is 5.89. The Morgan fingerprint density at radius 1 is 1.12 bits per heavy atom. The lowest BCUT2D eigenvalue weighted by molar-refractivity contribution is 1.11. The molecule has 0 aromatic heterocycles. The predicted molar refractivity (Wildman–Crippen MR) is 80.4 cm³/mol. The highest BCUT2D eigenvalue weighted by Gasteiger charge is 2.09. The van der Waals surface area contributed by atoms with Crippen molar-refractivity contribution in [3.05, 3.63) is 41.5 Å². The van der Waals surface area contributed by atoms with Gasteiger partial charge >= 0.3 is 0 Å². The molecule has 0 unspecified atom stereocenters. The van der Waals surface area contributed by atoms with Crippen molar-refractivity contribution in [3.63, 3.8) is 0 Å². The molecule has 0 aliphatic carbocycles. The molecule has 0 radical (unpaired) electrons. The molecule has 0 saturated carbocycles. The standard InChI is InChI=1S/C16H22Si/c1-6-14(2)16(12-13-17(3,4)5)15-10-8-7-9-11-15/h7-11H,6H2,1-5H3/b16-14-. The molecule has 0 N–H and O–H groups in total. The third-order valence-electron chi connectivity index (χ3n) is 2.58. The van der Waals surface area contributed by atoms with Crippen LogP contribution in [0.25, 0.3) is 5.57 Å². The third-order valence-corrected chi connectivity index (χ3v) is 3.46. The van der Waals surface area contributed by atoms with Gasteiger partial charge in [0.25, 0.3) is 0 Å². The summed E-state index contributed by atoms with van der Waals surface area (Å²) in [6, 6.07) is 10.5. The summed E-state index contributed by atoms with van der Waals surface area (Å²) in [5.41, 5.74) is 7.31. The van der Waals surface area contributed by atoms with Gasteiger partial charge in [0.05, 0.1) is 0 Å². The van der Waals surface area contributed by atoms with E-state index in [0.717, 1.165) is 6.42 Å². The molecule has 1 heteroatoms. The molecular formula is C16H22Si. The summed E-state index contributed by atoms with van der Waals surface area (Å²) in [7, 11) is -1.31. The van der Waals surface area contributed by atoms with Crippen LogP contribution in [0, 0.1) is 11.5 Å². The summed E-state index contributed by atoms with van der Waals surface area (Å²) in [5.74, 6) is 3.42. The first kappa shape index (κ1) is 13.8. The lowest BCUT2D eigenvalue weighted by Crippen LogP contribution is -2.16. The van der Waals surface area contributed by atoms with E-state index in [1.807, 2.05) is 6.07 Å². The second-order valence-corrected chi connectivity index (χ2v) is 10.1. The molecule has 1 rings (SSSR count). The normalized spacial score (nSPS) is 12.5. The highest BCUT2D eigenvalue weighted by atomic mass is 28.3. The van der Waals surface area contributed by atoms with E-state index in [0.29, 0.717) is 0 Å². The van der Waals surface area contributed by atoms with E-state index in [2.05, 4.69) is 69.2 Å². The van der Waals surface area contributed by atoms with Gasteiger partial charge in [0.1, 0.15) is 8.07 Å². The Bertz CT molecular complexity index is 450.